The first kappa shape index (κ1) is 15.3. The summed E-state index contributed by atoms with van der Waals surface area (Å²) in [5.41, 5.74) is -0.143. The highest BCUT2D eigenvalue weighted by Crippen LogP contribution is 2.38. The third kappa shape index (κ3) is 3.33. The van der Waals surface area contributed by atoms with Crippen LogP contribution in [0.5, 0.6) is 0 Å². The van der Waals surface area contributed by atoms with Crippen LogP contribution in [0.4, 0.5) is 13.2 Å². The molecular formula is C15H21F3N2. The molecule has 0 bridgehead atoms. The highest BCUT2D eigenvalue weighted by Gasteiger charge is 2.36. The summed E-state index contributed by atoms with van der Waals surface area (Å²) in [5, 5.41) is 3.10. The maximum absolute atomic E-state index is 13.1. The van der Waals surface area contributed by atoms with Crippen LogP contribution in [0.1, 0.15) is 30.0 Å². The standard InChI is InChI=1S/C15H21F3N2/c1-19-14(11-7-9-20(2)10-8-11)12-5-3-4-6-13(12)15(16,17)18/h3-6,11,14,19H,7-10H2,1-2H3. The Morgan fingerprint density at radius 2 is 1.80 bits per heavy atom. The van der Waals surface area contributed by atoms with Crippen molar-refractivity contribution in [3.05, 3.63) is 35.4 Å². The molecule has 1 unspecified atom stereocenters. The molecule has 112 valence electrons. The number of nitrogens with one attached hydrogen (secondary N) is 1. The molecule has 0 aliphatic carbocycles. The summed E-state index contributed by atoms with van der Waals surface area (Å²) in [6, 6.07) is 5.68. The second kappa shape index (κ2) is 6.14. The van der Waals surface area contributed by atoms with Crippen molar-refractivity contribution in [1.82, 2.24) is 10.2 Å². The summed E-state index contributed by atoms with van der Waals surface area (Å²) < 4.78 is 39.4. The topological polar surface area (TPSA) is 15.3 Å². The Morgan fingerprint density at radius 3 is 2.35 bits per heavy atom. The van der Waals surface area contributed by atoms with Crippen LogP contribution in [0.3, 0.4) is 0 Å². The SMILES string of the molecule is CNC(c1ccccc1C(F)(F)F)C1CCN(C)CC1. The van der Waals surface area contributed by atoms with E-state index < -0.39 is 11.7 Å². The molecule has 1 N–H and O–H groups in total. The first-order chi connectivity index (χ1) is 9.43. The van der Waals surface area contributed by atoms with Gasteiger partial charge in [0, 0.05) is 6.04 Å². The molecule has 1 aliphatic heterocycles. The zero-order valence-electron chi connectivity index (χ0n) is 11.9. The lowest BCUT2D eigenvalue weighted by Crippen LogP contribution is -2.37. The Hall–Kier alpha value is -1.07. The third-order valence-corrected chi connectivity index (χ3v) is 4.15. The largest absolute Gasteiger partial charge is 0.416 e. The molecule has 1 aliphatic rings. The normalized spacial score (nSPS) is 20.1. The number of hydrogen-bond donors (Lipinski definition) is 1. The van der Waals surface area contributed by atoms with Gasteiger partial charge < -0.3 is 10.2 Å². The number of rotatable bonds is 3. The number of benzene rings is 1. The van der Waals surface area contributed by atoms with Crippen molar-refractivity contribution in [3.63, 3.8) is 0 Å². The van der Waals surface area contributed by atoms with Crippen molar-refractivity contribution >= 4 is 0 Å². The molecule has 0 saturated carbocycles. The second-order valence-electron chi connectivity index (χ2n) is 5.49. The van der Waals surface area contributed by atoms with E-state index in [9.17, 15) is 13.2 Å². The fraction of sp³-hybridized carbons (Fsp3) is 0.600. The average Bonchev–Trinajstić information content (AvgIpc) is 2.41. The van der Waals surface area contributed by atoms with E-state index in [1.807, 2.05) is 7.05 Å². The van der Waals surface area contributed by atoms with Gasteiger partial charge >= 0.3 is 6.18 Å². The van der Waals surface area contributed by atoms with E-state index in [-0.39, 0.29) is 12.0 Å². The number of nitrogens with zero attached hydrogens (tertiary/aromatic N) is 1. The van der Waals surface area contributed by atoms with Gasteiger partial charge in [-0.2, -0.15) is 13.2 Å². The van der Waals surface area contributed by atoms with E-state index in [1.165, 1.54) is 12.1 Å². The first-order valence-electron chi connectivity index (χ1n) is 6.95. The van der Waals surface area contributed by atoms with Gasteiger partial charge in [-0.25, -0.2) is 0 Å². The molecule has 1 fully saturated rings. The molecule has 0 spiro atoms. The van der Waals surface area contributed by atoms with Gasteiger partial charge in [0.1, 0.15) is 0 Å². The quantitative estimate of drug-likeness (QED) is 0.917. The summed E-state index contributed by atoms with van der Waals surface area (Å²) >= 11 is 0. The summed E-state index contributed by atoms with van der Waals surface area (Å²) in [7, 11) is 3.80. The van der Waals surface area contributed by atoms with E-state index in [4.69, 9.17) is 0 Å². The van der Waals surface area contributed by atoms with Crippen LogP contribution in [-0.2, 0) is 6.18 Å². The lowest BCUT2D eigenvalue weighted by Gasteiger charge is -2.35. The molecule has 0 aromatic heterocycles. The molecule has 20 heavy (non-hydrogen) atoms. The molecule has 0 amide bonds. The molecule has 0 radical (unpaired) electrons. The molecule has 1 aromatic carbocycles. The van der Waals surface area contributed by atoms with Gasteiger partial charge in [-0.3, -0.25) is 0 Å². The van der Waals surface area contributed by atoms with Crippen molar-refractivity contribution < 1.29 is 13.2 Å². The molecule has 2 rings (SSSR count). The molecule has 1 atom stereocenters. The smallest absolute Gasteiger partial charge is 0.313 e. The minimum Gasteiger partial charge on any atom is -0.313 e. The predicted molar refractivity (Wildman–Crippen MR) is 73.5 cm³/mol. The lowest BCUT2D eigenvalue weighted by molar-refractivity contribution is -0.138. The fourth-order valence-corrected chi connectivity index (χ4v) is 3.03. The predicted octanol–water partition coefficient (Wildman–Crippen LogP) is 3.31. The summed E-state index contributed by atoms with van der Waals surface area (Å²) in [6.45, 7) is 1.88. The second-order valence-corrected chi connectivity index (χ2v) is 5.49. The van der Waals surface area contributed by atoms with Gasteiger partial charge in [0.05, 0.1) is 5.56 Å². The van der Waals surface area contributed by atoms with E-state index in [0.29, 0.717) is 5.56 Å². The number of alkyl halides is 3. The monoisotopic (exact) mass is 286 g/mol. The number of hydrogen-bond acceptors (Lipinski definition) is 2. The molecule has 1 aromatic rings. The Labute approximate surface area is 118 Å². The number of piperidine rings is 1. The van der Waals surface area contributed by atoms with Crippen LogP contribution in [0.25, 0.3) is 0 Å². The lowest BCUT2D eigenvalue weighted by atomic mass is 9.83. The number of halogens is 3. The van der Waals surface area contributed by atoms with Gasteiger partial charge in [0.2, 0.25) is 0 Å². The molecular weight excluding hydrogens is 265 g/mol. The molecule has 5 heteroatoms. The maximum atomic E-state index is 13.1. The number of likely N-dealkylation sites (tertiary alicyclic amines) is 1. The van der Waals surface area contributed by atoms with Gasteiger partial charge in [-0.15, -0.1) is 0 Å². The Morgan fingerprint density at radius 1 is 1.20 bits per heavy atom. The van der Waals surface area contributed by atoms with Gasteiger partial charge in [0.25, 0.3) is 0 Å². The van der Waals surface area contributed by atoms with Crippen molar-refractivity contribution in [2.75, 3.05) is 27.2 Å². The molecule has 1 saturated heterocycles. The van der Waals surface area contributed by atoms with E-state index in [2.05, 4.69) is 10.2 Å². The van der Waals surface area contributed by atoms with E-state index in [1.54, 1.807) is 19.2 Å². The van der Waals surface area contributed by atoms with E-state index in [0.717, 1.165) is 25.9 Å². The fourth-order valence-electron chi connectivity index (χ4n) is 3.03. The van der Waals surface area contributed by atoms with Crippen molar-refractivity contribution in [1.29, 1.82) is 0 Å². The molecule has 1 heterocycles. The Balaban J connectivity index is 2.28. The highest BCUT2D eigenvalue weighted by molar-refractivity contribution is 5.33. The first-order valence-corrected chi connectivity index (χ1v) is 6.95. The van der Waals surface area contributed by atoms with E-state index >= 15 is 0 Å². The average molecular weight is 286 g/mol. The van der Waals surface area contributed by atoms with Crippen LogP contribution in [0.2, 0.25) is 0 Å². The summed E-state index contributed by atoms with van der Waals surface area (Å²) in [6.07, 6.45) is -2.44. The Bertz CT molecular complexity index is 437. The van der Waals surface area contributed by atoms with Crippen molar-refractivity contribution in [2.24, 2.45) is 5.92 Å². The van der Waals surface area contributed by atoms with Crippen molar-refractivity contribution in [3.8, 4) is 0 Å². The van der Waals surface area contributed by atoms with Gasteiger partial charge in [0.15, 0.2) is 0 Å². The summed E-state index contributed by atoms with van der Waals surface area (Å²) in [4.78, 5) is 2.22. The van der Waals surface area contributed by atoms with Gasteiger partial charge in [-0.1, -0.05) is 18.2 Å². The highest BCUT2D eigenvalue weighted by atomic mass is 19.4. The third-order valence-electron chi connectivity index (χ3n) is 4.15. The minimum absolute atomic E-state index is 0.235. The van der Waals surface area contributed by atoms with Crippen LogP contribution in [0.15, 0.2) is 24.3 Å². The van der Waals surface area contributed by atoms with Gasteiger partial charge in [-0.05, 0) is 57.6 Å². The molecule has 2 nitrogen and oxygen atoms in total. The zero-order valence-corrected chi connectivity index (χ0v) is 11.9. The zero-order chi connectivity index (χ0) is 14.8. The van der Waals surface area contributed by atoms with Crippen LogP contribution in [-0.4, -0.2) is 32.1 Å². The van der Waals surface area contributed by atoms with Crippen LogP contribution in [0, 0.1) is 5.92 Å². The van der Waals surface area contributed by atoms with Crippen LogP contribution >= 0.6 is 0 Å². The minimum atomic E-state index is -4.29. The Kier molecular flexibility index (Phi) is 4.70. The maximum Gasteiger partial charge on any atom is 0.416 e. The van der Waals surface area contributed by atoms with Crippen LogP contribution < -0.4 is 5.32 Å². The summed E-state index contributed by atoms with van der Waals surface area (Å²) in [5.74, 6) is 0.250. The van der Waals surface area contributed by atoms with Crippen molar-refractivity contribution in [2.45, 2.75) is 25.1 Å².